The molecule has 0 aliphatic heterocycles. The molecule has 0 fully saturated rings. The van der Waals surface area contributed by atoms with Gasteiger partial charge in [-0.25, -0.2) is 0 Å². The van der Waals surface area contributed by atoms with Crippen LogP contribution in [0.2, 0.25) is 36.3 Å². The Hall–Kier alpha value is 0.394. The quantitative estimate of drug-likeness (QED) is 0.395. The van der Waals surface area contributed by atoms with Gasteiger partial charge in [0.2, 0.25) is 0 Å². The number of rotatable bonds is 10. The largest absolute Gasteiger partial charge is 0.348 e. The van der Waals surface area contributed by atoms with Crippen LogP contribution in [0.25, 0.3) is 0 Å². The molecule has 0 rings (SSSR count). The summed E-state index contributed by atoms with van der Waals surface area (Å²) in [4.78, 5) is 0. The van der Waals surface area contributed by atoms with Crippen molar-refractivity contribution >= 4 is 16.5 Å². The molecule has 0 amide bonds. The molecule has 3 heteroatoms. The van der Waals surface area contributed by atoms with Crippen molar-refractivity contribution in [3.8, 4) is 0 Å². The third kappa shape index (κ3) is 3.66. The summed E-state index contributed by atoms with van der Waals surface area (Å²) in [5.41, 5.74) is 0.931. The maximum absolute atomic E-state index is 3.02. The van der Waals surface area contributed by atoms with Gasteiger partial charge >= 0.3 is 0 Å². The summed E-state index contributed by atoms with van der Waals surface area (Å²) < 4.78 is 3.02. The van der Waals surface area contributed by atoms with E-state index in [1.54, 1.807) is 0 Å². The lowest BCUT2D eigenvalue weighted by Gasteiger charge is -2.59. The minimum Gasteiger partial charge on any atom is -0.348 e. The molecule has 0 aromatic carbocycles. The van der Waals surface area contributed by atoms with Gasteiger partial charge in [-0.15, -0.1) is 0 Å². The monoisotopic (exact) mass is 329 g/mol. The Morgan fingerprint density at radius 3 is 1.43 bits per heavy atom. The highest BCUT2D eigenvalue weighted by atomic mass is 28.4. The predicted molar refractivity (Wildman–Crippen MR) is 105 cm³/mol. The maximum Gasteiger partial charge on any atom is 0.127 e. The molecule has 1 nitrogen and oxygen atoms in total. The van der Waals surface area contributed by atoms with Crippen molar-refractivity contribution in [3.05, 3.63) is 0 Å². The highest BCUT2D eigenvalue weighted by Crippen LogP contribution is 2.56. The molecule has 0 bridgehead atoms. The van der Waals surface area contributed by atoms with Crippen LogP contribution in [0, 0.1) is 0 Å². The van der Waals surface area contributed by atoms with Crippen molar-refractivity contribution in [3.63, 3.8) is 0 Å². The van der Waals surface area contributed by atoms with Crippen LogP contribution in [-0.4, -0.2) is 27.7 Å². The molecule has 0 radical (unpaired) electrons. The smallest absolute Gasteiger partial charge is 0.127 e. The van der Waals surface area contributed by atoms with Crippen LogP contribution in [0.5, 0.6) is 0 Å². The molecule has 128 valence electrons. The lowest BCUT2D eigenvalue weighted by molar-refractivity contribution is 0.424. The topological polar surface area (TPSA) is 3.24 Å². The molecule has 0 spiro atoms. The zero-order valence-electron chi connectivity index (χ0n) is 16.8. The summed E-state index contributed by atoms with van der Waals surface area (Å²) in [7, 11) is -0.288. The number of nitrogens with zero attached hydrogens (tertiary/aromatic N) is 1. The Morgan fingerprint density at radius 2 is 1.19 bits per heavy atom. The fraction of sp³-hybridized carbons (Fsp3) is 1.00. The summed E-state index contributed by atoms with van der Waals surface area (Å²) in [5, 5.41) is 0.581. The maximum atomic E-state index is 3.02. The van der Waals surface area contributed by atoms with Gasteiger partial charge in [0.05, 0.1) is 0 Å². The molecule has 0 saturated heterocycles. The molecule has 1 atom stereocenters. The lowest BCUT2D eigenvalue weighted by Crippen LogP contribution is -2.68. The van der Waals surface area contributed by atoms with Gasteiger partial charge in [-0.05, 0) is 23.7 Å². The van der Waals surface area contributed by atoms with Crippen LogP contribution < -0.4 is 0 Å². The van der Waals surface area contributed by atoms with Gasteiger partial charge < -0.3 is 4.23 Å². The van der Waals surface area contributed by atoms with Gasteiger partial charge in [-0.2, -0.15) is 0 Å². The van der Waals surface area contributed by atoms with E-state index in [1.165, 1.54) is 38.1 Å². The number of hydrogen-bond donors (Lipinski definition) is 0. The minimum atomic E-state index is -1.52. The van der Waals surface area contributed by atoms with Crippen molar-refractivity contribution in [2.75, 3.05) is 7.05 Å². The molecule has 21 heavy (non-hydrogen) atoms. The molecule has 0 aromatic heterocycles. The standard InChI is InChI=1S/C18H43NSi2/c1-11-17(12-2)21(10,18(13-3,14-4)15-5)19(7)20(8,9)16-6/h17H,11-16H2,1-10H3. The highest BCUT2D eigenvalue weighted by Gasteiger charge is 2.55. The van der Waals surface area contributed by atoms with Gasteiger partial charge in [-0.1, -0.05) is 93.3 Å². The summed E-state index contributed by atoms with van der Waals surface area (Å²) in [6.45, 7) is 22.6. The van der Waals surface area contributed by atoms with E-state index in [0.29, 0.717) is 5.04 Å². The molecule has 0 aromatic rings. The summed E-state index contributed by atoms with van der Waals surface area (Å²) in [5.74, 6) is 0. The third-order valence-electron chi connectivity index (χ3n) is 7.35. The second kappa shape index (κ2) is 8.30. The molecule has 1 unspecified atom stereocenters. The van der Waals surface area contributed by atoms with E-state index in [4.69, 9.17) is 0 Å². The third-order valence-corrected chi connectivity index (χ3v) is 21.1. The Bertz CT molecular complexity index is 287. The van der Waals surface area contributed by atoms with Gasteiger partial charge in [0.15, 0.2) is 0 Å². The average Bonchev–Trinajstić information content (AvgIpc) is 2.49. The first kappa shape index (κ1) is 21.4. The molecular weight excluding hydrogens is 286 g/mol. The first-order valence-electron chi connectivity index (χ1n) is 9.41. The van der Waals surface area contributed by atoms with Crippen molar-refractivity contribution in [2.45, 2.75) is 110 Å². The molecule has 0 N–H and O–H groups in total. The average molecular weight is 330 g/mol. The van der Waals surface area contributed by atoms with Gasteiger partial charge in [0, 0.05) is 0 Å². The lowest BCUT2D eigenvalue weighted by atomic mass is 9.99. The van der Waals surface area contributed by atoms with Crippen molar-refractivity contribution < 1.29 is 0 Å². The Labute approximate surface area is 138 Å². The number of hydrogen-bond acceptors (Lipinski definition) is 1. The molecule has 0 aliphatic rings. The molecular formula is C18H43NSi2. The van der Waals surface area contributed by atoms with Crippen LogP contribution >= 0.6 is 0 Å². The van der Waals surface area contributed by atoms with E-state index < -0.39 is 16.5 Å². The summed E-state index contributed by atoms with van der Waals surface area (Å²) in [6, 6.07) is 1.37. The predicted octanol–water partition coefficient (Wildman–Crippen LogP) is 6.88. The van der Waals surface area contributed by atoms with Crippen molar-refractivity contribution in [1.29, 1.82) is 0 Å². The molecule has 0 heterocycles. The summed E-state index contributed by atoms with van der Waals surface area (Å²) in [6.07, 6.45) is 6.80. The van der Waals surface area contributed by atoms with Gasteiger partial charge in [-0.3, -0.25) is 0 Å². The van der Waals surface area contributed by atoms with Crippen LogP contribution in [-0.2, 0) is 0 Å². The van der Waals surface area contributed by atoms with E-state index in [9.17, 15) is 0 Å². The normalized spacial score (nSPS) is 16.6. The second-order valence-corrected chi connectivity index (χ2v) is 18.0. The fourth-order valence-corrected chi connectivity index (χ4v) is 17.9. The van der Waals surface area contributed by atoms with E-state index in [-0.39, 0.29) is 0 Å². The highest BCUT2D eigenvalue weighted by molar-refractivity contribution is 6.93. The minimum absolute atomic E-state index is 0.581. The van der Waals surface area contributed by atoms with Crippen LogP contribution in [0.15, 0.2) is 0 Å². The van der Waals surface area contributed by atoms with E-state index in [0.717, 1.165) is 5.54 Å². The van der Waals surface area contributed by atoms with E-state index in [1.807, 2.05) is 0 Å². The zero-order valence-corrected chi connectivity index (χ0v) is 18.8. The molecule has 0 saturated carbocycles. The van der Waals surface area contributed by atoms with E-state index >= 15 is 0 Å². The van der Waals surface area contributed by atoms with Crippen LogP contribution in [0.1, 0.15) is 73.6 Å². The Balaban J connectivity index is 6.13. The SMILES string of the molecule is CCC(CC)[Si](C)(N(C)[Si](C)(C)CC)C(CC)(CC)CC. The molecule has 0 aliphatic carbocycles. The van der Waals surface area contributed by atoms with Crippen LogP contribution in [0.4, 0.5) is 0 Å². The Kier molecular flexibility index (Phi) is 8.46. The zero-order chi connectivity index (χ0) is 16.9. The summed E-state index contributed by atoms with van der Waals surface area (Å²) >= 11 is 0. The van der Waals surface area contributed by atoms with Gasteiger partial charge in [0.1, 0.15) is 16.5 Å². The first-order chi connectivity index (χ1) is 9.67. The van der Waals surface area contributed by atoms with Crippen molar-refractivity contribution in [1.82, 2.24) is 4.23 Å². The fourth-order valence-electron chi connectivity index (χ4n) is 4.84. The van der Waals surface area contributed by atoms with E-state index in [2.05, 4.69) is 72.5 Å². The first-order valence-corrected chi connectivity index (χ1v) is 15.1. The second-order valence-electron chi connectivity index (χ2n) is 7.73. The Morgan fingerprint density at radius 1 is 0.810 bits per heavy atom. The van der Waals surface area contributed by atoms with Gasteiger partial charge in [0.25, 0.3) is 0 Å². The van der Waals surface area contributed by atoms with Crippen LogP contribution in [0.3, 0.4) is 0 Å². The van der Waals surface area contributed by atoms with Crippen molar-refractivity contribution in [2.24, 2.45) is 0 Å².